The predicted octanol–water partition coefficient (Wildman–Crippen LogP) is 4.33. The van der Waals surface area contributed by atoms with Gasteiger partial charge in [-0.1, -0.05) is 48.0 Å². The fourth-order valence-electron chi connectivity index (χ4n) is 2.91. The SMILES string of the molecule is Cc1ccc(Cl)cc1NC1CCN(Cc2ccccc2)C1. The molecule has 2 aromatic carbocycles. The maximum absolute atomic E-state index is 6.09. The highest BCUT2D eigenvalue weighted by Crippen LogP contribution is 2.23. The number of hydrogen-bond acceptors (Lipinski definition) is 2. The Labute approximate surface area is 131 Å². The molecule has 1 unspecified atom stereocenters. The molecule has 1 atom stereocenters. The van der Waals surface area contributed by atoms with Crippen LogP contribution in [0.4, 0.5) is 5.69 Å². The molecule has 1 aliphatic heterocycles. The minimum Gasteiger partial charge on any atom is -0.381 e. The van der Waals surface area contributed by atoms with Crippen molar-refractivity contribution in [2.45, 2.75) is 25.9 Å². The van der Waals surface area contributed by atoms with E-state index in [1.807, 2.05) is 12.1 Å². The van der Waals surface area contributed by atoms with Gasteiger partial charge >= 0.3 is 0 Å². The summed E-state index contributed by atoms with van der Waals surface area (Å²) in [6.45, 7) is 5.38. The Bertz CT molecular complexity index is 597. The van der Waals surface area contributed by atoms with Crippen LogP contribution in [0.25, 0.3) is 0 Å². The second-order valence-electron chi connectivity index (χ2n) is 5.81. The molecule has 0 amide bonds. The summed E-state index contributed by atoms with van der Waals surface area (Å²) in [4.78, 5) is 2.51. The number of nitrogens with zero attached hydrogens (tertiary/aromatic N) is 1. The van der Waals surface area contributed by atoms with Gasteiger partial charge in [0.05, 0.1) is 0 Å². The normalized spacial score (nSPS) is 18.9. The van der Waals surface area contributed by atoms with E-state index in [1.54, 1.807) is 0 Å². The lowest BCUT2D eigenvalue weighted by Crippen LogP contribution is -2.26. The third-order valence-corrected chi connectivity index (χ3v) is 4.32. The highest BCUT2D eigenvalue weighted by molar-refractivity contribution is 6.30. The lowest BCUT2D eigenvalue weighted by Gasteiger charge is -2.18. The van der Waals surface area contributed by atoms with Crippen molar-refractivity contribution in [3.63, 3.8) is 0 Å². The van der Waals surface area contributed by atoms with Gasteiger partial charge in [-0.25, -0.2) is 0 Å². The third-order valence-electron chi connectivity index (χ3n) is 4.08. The van der Waals surface area contributed by atoms with Crippen LogP contribution in [0.3, 0.4) is 0 Å². The van der Waals surface area contributed by atoms with Gasteiger partial charge in [0.25, 0.3) is 0 Å². The summed E-state index contributed by atoms with van der Waals surface area (Å²) in [5.41, 5.74) is 3.80. The zero-order valence-corrected chi connectivity index (χ0v) is 13.1. The first kappa shape index (κ1) is 14.4. The molecule has 1 heterocycles. The molecule has 3 heteroatoms. The molecule has 3 rings (SSSR count). The molecule has 110 valence electrons. The van der Waals surface area contributed by atoms with Gasteiger partial charge in [-0.3, -0.25) is 4.90 Å². The summed E-state index contributed by atoms with van der Waals surface area (Å²) in [5.74, 6) is 0. The Morgan fingerprint density at radius 2 is 2.00 bits per heavy atom. The summed E-state index contributed by atoms with van der Waals surface area (Å²) < 4.78 is 0. The number of anilines is 1. The summed E-state index contributed by atoms with van der Waals surface area (Å²) in [6.07, 6.45) is 1.18. The first-order valence-corrected chi connectivity index (χ1v) is 7.87. The average molecular weight is 301 g/mol. The largest absolute Gasteiger partial charge is 0.381 e. The molecule has 0 aliphatic carbocycles. The molecule has 0 bridgehead atoms. The minimum absolute atomic E-state index is 0.505. The first-order valence-electron chi connectivity index (χ1n) is 7.50. The van der Waals surface area contributed by atoms with Gasteiger partial charge in [0.15, 0.2) is 0 Å². The van der Waals surface area contributed by atoms with Crippen LogP contribution in [-0.2, 0) is 6.54 Å². The maximum atomic E-state index is 6.09. The van der Waals surface area contributed by atoms with Crippen molar-refractivity contribution in [1.82, 2.24) is 4.90 Å². The Hall–Kier alpha value is -1.51. The van der Waals surface area contributed by atoms with Gasteiger partial charge in [-0.15, -0.1) is 0 Å². The standard InChI is InChI=1S/C18H21ClN2/c1-14-7-8-16(19)11-18(14)20-17-9-10-21(13-17)12-15-5-3-2-4-6-15/h2-8,11,17,20H,9-10,12-13H2,1H3. The molecular formula is C18H21ClN2. The summed E-state index contributed by atoms with van der Waals surface area (Å²) in [5, 5.41) is 4.43. The topological polar surface area (TPSA) is 15.3 Å². The Morgan fingerprint density at radius 3 is 2.81 bits per heavy atom. The smallest absolute Gasteiger partial charge is 0.0426 e. The van der Waals surface area contributed by atoms with Crippen molar-refractivity contribution in [3.05, 3.63) is 64.7 Å². The number of aryl methyl sites for hydroxylation is 1. The van der Waals surface area contributed by atoms with Gasteiger partial charge < -0.3 is 5.32 Å². The Balaban J connectivity index is 1.58. The molecule has 2 nitrogen and oxygen atoms in total. The number of rotatable bonds is 4. The van der Waals surface area contributed by atoms with E-state index >= 15 is 0 Å². The summed E-state index contributed by atoms with van der Waals surface area (Å²) in [7, 11) is 0. The van der Waals surface area contributed by atoms with Crippen LogP contribution in [0.1, 0.15) is 17.5 Å². The molecule has 0 radical (unpaired) electrons. The van der Waals surface area contributed by atoms with E-state index in [4.69, 9.17) is 11.6 Å². The molecule has 1 aliphatic rings. The molecule has 0 aromatic heterocycles. The molecule has 21 heavy (non-hydrogen) atoms. The first-order chi connectivity index (χ1) is 10.2. The highest BCUT2D eigenvalue weighted by Gasteiger charge is 2.22. The van der Waals surface area contributed by atoms with E-state index in [0.717, 1.165) is 30.3 Å². The quantitative estimate of drug-likeness (QED) is 0.904. The van der Waals surface area contributed by atoms with E-state index in [2.05, 4.69) is 53.5 Å². The van der Waals surface area contributed by atoms with Crippen LogP contribution in [0.5, 0.6) is 0 Å². The van der Waals surface area contributed by atoms with Crippen molar-refractivity contribution in [2.75, 3.05) is 18.4 Å². The Kier molecular flexibility index (Phi) is 4.47. The number of hydrogen-bond donors (Lipinski definition) is 1. The van der Waals surface area contributed by atoms with Crippen molar-refractivity contribution in [3.8, 4) is 0 Å². The molecule has 1 N–H and O–H groups in total. The molecule has 0 saturated carbocycles. The van der Waals surface area contributed by atoms with Crippen LogP contribution < -0.4 is 5.32 Å². The fraction of sp³-hybridized carbons (Fsp3) is 0.333. The zero-order chi connectivity index (χ0) is 14.7. The molecule has 0 spiro atoms. The van der Waals surface area contributed by atoms with E-state index in [9.17, 15) is 0 Å². The van der Waals surface area contributed by atoms with Gasteiger partial charge in [-0.2, -0.15) is 0 Å². The van der Waals surface area contributed by atoms with Crippen molar-refractivity contribution in [1.29, 1.82) is 0 Å². The van der Waals surface area contributed by atoms with Crippen molar-refractivity contribution in [2.24, 2.45) is 0 Å². The Morgan fingerprint density at radius 1 is 1.19 bits per heavy atom. The van der Waals surface area contributed by atoms with E-state index in [1.165, 1.54) is 17.5 Å². The van der Waals surface area contributed by atoms with Gasteiger partial charge in [-0.05, 0) is 36.6 Å². The van der Waals surface area contributed by atoms with Gasteiger partial charge in [0.1, 0.15) is 0 Å². The van der Waals surface area contributed by atoms with E-state index in [0.29, 0.717) is 6.04 Å². The van der Waals surface area contributed by atoms with Crippen LogP contribution in [0.15, 0.2) is 48.5 Å². The maximum Gasteiger partial charge on any atom is 0.0426 e. The van der Waals surface area contributed by atoms with E-state index in [-0.39, 0.29) is 0 Å². The van der Waals surface area contributed by atoms with Gasteiger partial charge in [0, 0.05) is 36.4 Å². The minimum atomic E-state index is 0.505. The van der Waals surface area contributed by atoms with Crippen LogP contribution in [-0.4, -0.2) is 24.0 Å². The summed E-state index contributed by atoms with van der Waals surface area (Å²) in [6, 6.07) is 17.2. The monoisotopic (exact) mass is 300 g/mol. The van der Waals surface area contributed by atoms with Crippen LogP contribution in [0.2, 0.25) is 5.02 Å². The fourth-order valence-corrected chi connectivity index (χ4v) is 3.08. The predicted molar refractivity (Wildman–Crippen MR) is 89.9 cm³/mol. The zero-order valence-electron chi connectivity index (χ0n) is 12.3. The average Bonchev–Trinajstić information content (AvgIpc) is 2.91. The van der Waals surface area contributed by atoms with Crippen LogP contribution >= 0.6 is 11.6 Å². The van der Waals surface area contributed by atoms with Crippen LogP contribution in [0, 0.1) is 6.92 Å². The number of benzene rings is 2. The third kappa shape index (κ3) is 3.78. The number of likely N-dealkylation sites (tertiary alicyclic amines) is 1. The molecule has 1 fully saturated rings. The number of nitrogens with one attached hydrogen (secondary N) is 1. The van der Waals surface area contributed by atoms with Crippen molar-refractivity contribution < 1.29 is 0 Å². The lowest BCUT2D eigenvalue weighted by atomic mass is 10.1. The molecule has 2 aromatic rings. The lowest BCUT2D eigenvalue weighted by molar-refractivity contribution is 0.328. The highest BCUT2D eigenvalue weighted by atomic mass is 35.5. The number of halogens is 1. The summed E-state index contributed by atoms with van der Waals surface area (Å²) >= 11 is 6.09. The second-order valence-corrected chi connectivity index (χ2v) is 6.25. The molecule has 1 saturated heterocycles. The second kappa shape index (κ2) is 6.50. The van der Waals surface area contributed by atoms with Gasteiger partial charge in [0.2, 0.25) is 0 Å². The van der Waals surface area contributed by atoms with E-state index < -0.39 is 0 Å². The van der Waals surface area contributed by atoms with Crippen molar-refractivity contribution >= 4 is 17.3 Å². The molecular weight excluding hydrogens is 280 g/mol.